The number of guanidine groups is 2. The second-order valence-corrected chi connectivity index (χ2v) is 4.15. The molecule has 4 N–H and O–H groups in total. The Balaban J connectivity index is 2.08. The third kappa shape index (κ3) is 3.10. The van der Waals surface area contributed by atoms with Crippen LogP contribution in [0.25, 0.3) is 0 Å². The van der Waals surface area contributed by atoms with Crippen molar-refractivity contribution in [2.24, 2.45) is 21.5 Å². The van der Waals surface area contributed by atoms with Crippen molar-refractivity contribution in [2.75, 3.05) is 13.1 Å². The van der Waals surface area contributed by atoms with Gasteiger partial charge in [0.25, 0.3) is 0 Å². The maximum atomic E-state index is 5.83. The monoisotopic (exact) mass is 243 g/mol. The SMILES string of the molecule is Cc1ccc(N=C(N)/N=C(/N)N2CC=CC2)cc1. The lowest BCUT2D eigenvalue weighted by atomic mass is 10.2. The van der Waals surface area contributed by atoms with Crippen molar-refractivity contribution in [1.29, 1.82) is 0 Å². The predicted molar refractivity (Wildman–Crippen MR) is 74.8 cm³/mol. The van der Waals surface area contributed by atoms with Gasteiger partial charge in [0.2, 0.25) is 5.96 Å². The molecule has 0 bridgehead atoms. The van der Waals surface area contributed by atoms with Gasteiger partial charge < -0.3 is 16.4 Å². The van der Waals surface area contributed by atoms with Crippen molar-refractivity contribution in [3.8, 4) is 0 Å². The zero-order chi connectivity index (χ0) is 13.0. The zero-order valence-corrected chi connectivity index (χ0v) is 10.4. The number of aryl methyl sites for hydroxylation is 1. The second kappa shape index (κ2) is 5.35. The van der Waals surface area contributed by atoms with Gasteiger partial charge in [-0.2, -0.15) is 4.99 Å². The van der Waals surface area contributed by atoms with Gasteiger partial charge in [0.05, 0.1) is 5.69 Å². The third-order valence-corrected chi connectivity index (χ3v) is 2.65. The van der Waals surface area contributed by atoms with E-state index in [9.17, 15) is 0 Å². The van der Waals surface area contributed by atoms with Gasteiger partial charge >= 0.3 is 0 Å². The molecule has 0 radical (unpaired) electrons. The third-order valence-electron chi connectivity index (χ3n) is 2.65. The Kier molecular flexibility index (Phi) is 3.62. The largest absolute Gasteiger partial charge is 0.369 e. The van der Waals surface area contributed by atoms with Crippen molar-refractivity contribution in [3.05, 3.63) is 42.0 Å². The van der Waals surface area contributed by atoms with E-state index in [0.29, 0.717) is 5.96 Å². The highest BCUT2D eigenvalue weighted by atomic mass is 15.3. The fourth-order valence-electron chi connectivity index (χ4n) is 1.63. The Morgan fingerprint density at radius 2 is 1.72 bits per heavy atom. The molecule has 0 fully saturated rings. The molecule has 0 saturated heterocycles. The predicted octanol–water partition coefficient (Wildman–Crippen LogP) is 1.13. The van der Waals surface area contributed by atoms with E-state index >= 15 is 0 Å². The van der Waals surface area contributed by atoms with Crippen LogP contribution in [0.1, 0.15) is 5.56 Å². The lowest BCUT2D eigenvalue weighted by Crippen LogP contribution is -2.36. The van der Waals surface area contributed by atoms with Crippen molar-refractivity contribution in [2.45, 2.75) is 6.92 Å². The average Bonchev–Trinajstić information content (AvgIpc) is 2.85. The Morgan fingerprint density at radius 1 is 1.11 bits per heavy atom. The molecular formula is C13H17N5. The van der Waals surface area contributed by atoms with Crippen LogP contribution in [-0.2, 0) is 0 Å². The van der Waals surface area contributed by atoms with Gasteiger partial charge in [-0.1, -0.05) is 29.8 Å². The fraction of sp³-hybridized carbons (Fsp3) is 0.231. The number of rotatable bonds is 1. The lowest BCUT2D eigenvalue weighted by Gasteiger charge is -2.15. The number of benzene rings is 1. The molecule has 1 aliphatic heterocycles. The van der Waals surface area contributed by atoms with Gasteiger partial charge in [-0.25, -0.2) is 4.99 Å². The van der Waals surface area contributed by atoms with Crippen molar-refractivity contribution >= 4 is 17.6 Å². The summed E-state index contributed by atoms with van der Waals surface area (Å²) in [6.45, 7) is 3.56. The summed E-state index contributed by atoms with van der Waals surface area (Å²) < 4.78 is 0. The van der Waals surface area contributed by atoms with E-state index < -0.39 is 0 Å². The first-order chi connectivity index (χ1) is 8.65. The highest BCUT2D eigenvalue weighted by molar-refractivity contribution is 5.94. The van der Waals surface area contributed by atoms with Crippen LogP contribution in [0.4, 0.5) is 5.69 Å². The molecule has 2 rings (SSSR count). The van der Waals surface area contributed by atoms with E-state index in [1.165, 1.54) is 5.56 Å². The van der Waals surface area contributed by atoms with Gasteiger partial charge in [0, 0.05) is 13.1 Å². The Morgan fingerprint density at radius 3 is 2.33 bits per heavy atom. The standard InChI is InChI=1S/C13H17N5/c1-10-4-6-11(7-5-10)16-12(14)17-13(15)18-8-2-3-9-18/h2-7H,8-9H2,1H3,(H4,14,15,16,17). The Bertz CT molecular complexity index is 491. The van der Waals surface area contributed by atoms with Crippen LogP contribution in [-0.4, -0.2) is 29.9 Å². The molecule has 1 aromatic carbocycles. The van der Waals surface area contributed by atoms with E-state index in [1.54, 1.807) is 0 Å². The summed E-state index contributed by atoms with van der Waals surface area (Å²) in [6, 6.07) is 7.74. The molecule has 94 valence electrons. The van der Waals surface area contributed by atoms with Crippen LogP contribution >= 0.6 is 0 Å². The minimum atomic E-state index is 0.170. The maximum Gasteiger partial charge on any atom is 0.223 e. The summed E-state index contributed by atoms with van der Waals surface area (Å²) in [7, 11) is 0. The molecule has 5 heteroatoms. The fourth-order valence-corrected chi connectivity index (χ4v) is 1.63. The van der Waals surface area contributed by atoms with Gasteiger partial charge in [0.15, 0.2) is 5.96 Å². The molecule has 18 heavy (non-hydrogen) atoms. The summed E-state index contributed by atoms with van der Waals surface area (Å²) in [5, 5.41) is 0. The zero-order valence-electron chi connectivity index (χ0n) is 10.4. The number of aliphatic imine (C=N–C) groups is 2. The normalized spacial score (nSPS) is 16.4. The summed E-state index contributed by atoms with van der Waals surface area (Å²) in [5.74, 6) is 0.566. The first-order valence-electron chi connectivity index (χ1n) is 5.80. The van der Waals surface area contributed by atoms with E-state index in [0.717, 1.165) is 18.8 Å². The van der Waals surface area contributed by atoms with E-state index in [-0.39, 0.29) is 5.96 Å². The number of hydrogen-bond acceptors (Lipinski definition) is 1. The van der Waals surface area contributed by atoms with Crippen LogP contribution < -0.4 is 11.5 Å². The van der Waals surface area contributed by atoms with E-state index in [1.807, 2.05) is 48.2 Å². The second-order valence-electron chi connectivity index (χ2n) is 4.15. The topological polar surface area (TPSA) is 80.0 Å². The molecular weight excluding hydrogens is 226 g/mol. The molecule has 1 aromatic rings. The van der Waals surface area contributed by atoms with Crippen LogP contribution in [0.2, 0.25) is 0 Å². The van der Waals surface area contributed by atoms with Crippen molar-refractivity contribution in [1.82, 2.24) is 4.90 Å². The maximum absolute atomic E-state index is 5.83. The van der Waals surface area contributed by atoms with Crippen molar-refractivity contribution < 1.29 is 0 Å². The van der Waals surface area contributed by atoms with Gasteiger partial charge in [-0.05, 0) is 19.1 Å². The molecule has 0 aliphatic carbocycles. The molecule has 0 saturated carbocycles. The molecule has 0 aromatic heterocycles. The van der Waals surface area contributed by atoms with Crippen LogP contribution in [0, 0.1) is 6.92 Å². The smallest absolute Gasteiger partial charge is 0.223 e. The number of nitrogens with zero attached hydrogens (tertiary/aromatic N) is 3. The number of hydrogen-bond donors (Lipinski definition) is 2. The average molecular weight is 243 g/mol. The van der Waals surface area contributed by atoms with Crippen molar-refractivity contribution in [3.63, 3.8) is 0 Å². The molecule has 1 aliphatic rings. The minimum absolute atomic E-state index is 0.170. The van der Waals surface area contributed by atoms with E-state index in [2.05, 4.69) is 9.98 Å². The number of nitrogens with two attached hydrogens (primary N) is 2. The summed E-state index contributed by atoms with van der Waals surface area (Å²) >= 11 is 0. The Labute approximate surface area is 107 Å². The highest BCUT2D eigenvalue weighted by Gasteiger charge is 2.08. The summed E-state index contributed by atoms with van der Waals surface area (Å²) in [6.07, 6.45) is 4.07. The molecule has 0 spiro atoms. The first-order valence-corrected chi connectivity index (χ1v) is 5.80. The molecule has 5 nitrogen and oxygen atoms in total. The van der Waals surface area contributed by atoms with Gasteiger partial charge in [0.1, 0.15) is 0 Å². The summed E-state index contributed by atoms with van der Waals surface area (Å²) in [4.78, 5) is 10.2. The minimum Gasteiger partial charge on any atom is -0.369 e. The quantitative estimate of drug-likeness (QED) is 0.441. The van der Waals surface area contributed by atoms with E-state index in [4.69, 9.17) is 11.5 Å². The van der Waals surface area contributed by atoms with Gasteiger partial charge in [-0.3, -0.25) is 0 Å². The van der Waals surface area contributed by atoms with Gasteiger partial charge in [-0.15, -0.1) is 0 Å². The molecule has 1 heterocycles. The lowest BCUT2D eigenvalue weighted by molar-refractivity contribution is 0.534. The molecule has 0 amide bonds. The Hall–Kier alpha value is -2.30. The molecule has 0 unspecified atom stereocenters. The van der Waals surface area contributed by atoms with Crippen LogP contribution in [0.5, 0.6) is 0 Å². The molecule has 0 atom stereocenters. The first kappa shape index (κ1) is 12.2. The summed E-state index contributed by atoms with van der Waals surface area (Å²) in [5.41, 5.74) is 13.5. The van der Waals surface area contributed by atoms with Crippen LogP contribution in [0.3, 0.4) is 0 Å². The highest BCUT2D eigenvalue weighted by Crippen LogP contribution is 2.12. The van der Waals surface area contributed by atoms with Crippen LogP contribution in [0.15, 0.2) is 46.4 Å².